The first-order valence-corrected chi connectivity index (χ1v) is 6.33. The van der Waals surface area contributed by atoms with Gasteiger partial charge in [-0.3, -0.25) is 19.4 Å². The van der Waals surface area contributed by atoms with Gasteiger partial charge in [0.25, 0.3) is 0 Å². The van der Waals surface area contributed by atoms with E-state index < -0.39 is 11.8 Å². The van der Waals surface area contributed by atoms with Crippen LogP contribution in [0.2, 0.25) is 0 Å². The minimum atomic E-state index is -0.686. The van der Waals surface area contributed by atoms with Gasteiger partial charge in [0.1, 0.15) is 0 Å². The number of pyridine rings is 1. The molecule has 0 aliphatic carbocycles. The van der Waals surface area contributed by atoms with Crippen molar-refractivity contribution in [2.24, 2.45) is 0 Å². The highest BCUT2D eigenvalue weighted by Crippen LogP contribution is 2.06. The molecule has 1 saturated heterocycles. The van der Waals surface area contributed by atoms with Crippen LogP contribution in [-0.4, -0.2) is 58.7 Å². The van der Waals surface area contributed by atoms with Crippen LogP contribution in [-0.2, 0) is 14.4 Å². The second-order valence-corrected chi connectivity index (χ2v) is 4.49. The van der Waals surface area contributed by atoms with Gasteiger partial charge in [-0.25, -0.2) is 0 Å². The number of hydrogen-bond donors (Lipinski definition) is 1. The molecule has 7 nitrogen and oxygen atoms in total. The Bertz CT molecular complexity index is 510. The van der Waals surface area contributed by atoms with Crippen molar-refractivity contribution in [1.29, 1.82) is 0 Å². The summed E-state index contributed by atoms with van der Waals surface area (Å²) >= 11 is 0. The zero-order valence-corrected chi connectivity index (χ0v) is 11.2. The third-order valence-corrected chi connectivity index (χ3v) is 3.13. The summed E-state index contributed by atoms with van der Waals surface area (Å²) in [5.74, 6) is -1.29. The zero-order chi connectivity index (χ0) is 14.5. The fourth-order valence-corrected chi connectivity index (χ4v) is 1.99. The lowest BCUT2D eigenvalue weighted by Gasteiger charge is -2.33. The molecule has 1 aromatic heterocycles. The monoisotopic (exact) mass is 276 g/mol. The predicted octanol–water partition coefficient (Wildman–Crippen LogP) is -0.289. The lowest BCUT2D eigenvalue weighted by Crippen LogP contribution is -2.52. The first kappa shape index (κ1) is 14.0. The molecule has 2 heterocycles. The minimum Gasteiger partial charge on any atom is -0.339 e. The molecular weight excluding hydrogens is 260 g/mol. The van der Waals surface area contributed by atoms with E-state index in [1.165, 1.54) is 18.0 Å². The van der Waals surface area contributed by atoms with E-state index >= 15 is 0 Å². The molecule has 1 N–H and O–H groups in total. The summed E-state index contributed by atoms with van der Waals surface area (Å²) in [4.78, 5) is 41.9. The molecule has 7 heteroatoms. The fraction of sp³-hybridized carbons (Fsp3) is 0.385. The maximum absolute atomic E-state index is 12.0. The molecule has 0 saturated carbocycles. The van der Waals surface area contributed by atoms with Gasteiger partial charge in [0.05, 0.1) is 11.9 Å². The molecule has 1 aliphatic heterocycles. The summed E-state index contributed by atoms with van der Waals surface area (Å²) < 4.78 is 0. The zero-order valence-electron chi connectivity index (χ0n) is 11.2. The normalized spacial score (nSPS) is 14.8. The number of carbonyl (C=O) groups excluding carboxylic acids is 3. The first-order valence-electron chi connectivity index (χ1n) is 6.33. The second-order valence-electron chi connectivity index (χ2n) is 4.49. The van der Waals surface area contributed by atoms with Crippen LogP contribution in [0.5, 0.6) is 0 Å². The maximum atomic E-state index is 12.0. The van der Waals surface area contributed by atoms with Gasteiger partial charge in [-0.05, 0) is 12.1 Å². The van der Waals surface area contributed by atoms with Gasteiger partial charge >= 0.3 is 11.8 Å². The number of nitrogens with one attached hydrogen (secondary N) is 1. The average Bonchev–Trinajstić information content (AvgIpc) is 2.47. The molecular formula is C13H16N4O3. The van der Waals surface area contributed by atoms with Gasteiger partial charge in [0.2, 0.25) is 5.91 Å². The van der Waals surface area contributed by atoms with Crippen LogP contribution in [0.15, 0.2) is 24.5 Å². The van der Waals surface area contributed by atoms with Crippen LogP contribution in [0.1, 0.15) is 6.92 Å². The highest BCUT2D eigenvalue weighted by molar-refractivity contribution is 6.39. The summed E-state index contributed by atoms with van der Waals surface area (Å²) in [5.41, 5.74) is 0.480. The van der Waals surface area contributed by atoms with E-state index in [2.05, 4.69) is 10.3 Å². The van der Waals surface area contributed by atoms with Crippen LogP contribution < -0.4 is 5.32 Å². The Hall–Kier alpha value is -2.44. The van der Waals surface area contributed by atoms with E-state index in [0.29, 0.717) is 31.9 Å². The summed E-state index contributed by atoms with van der Waals surface area (Å²) in [7, 11) is 0. The van der Waals surface area contributed by atoms with E-state index in [9.17, 15) is 14.4 Å². The number of carbonyl (C=O) groups is 3. The molecule has 0 aromatic carbocycles. The lowest BCUT2D eigenvalue weighted by molar-refractivity contribution is -0.145. The van der Waals surface area contributed by atoms with Gasteiger partial charge in [0.15, 0.2) is 0 Å². The Labute approximate surface area is 116 Å². The van der Waals surface area contributed by atoms with Gasteiger partial charge in [0, 0.05) is 39.3 Å². The second kappa shape index (κ2) is 6.14. The van der Waals surface area contributed by atoms with E-state index in [1.54, 1.807) is 23.2 Å². The van der Waals surface area contributed by atoms with Crippen molar-refractivity contribution in [1.82, 2.24) is 14.8 Å². The first-order chi connectivity index (χ1) is 9.58. The SMILES string of the molecule is CC(=O)N1CCN(C(=O)C(=O)Nc2cccnc2)CC1. The van der Waals surface area contributed by atoms with E-state index in [0.717, 1.165) is 0 Å². The Kier molecular flexibility index (Phi) is 4.29. The number of amides is 3. The van der Waals surface area contributed by atoms with Crippen molar-refractivity contribution in [2.45, 2.75) is 6.92 Å². The molecule has 0 atom stereocenters. The maximum Gasteiger partial charge on any atom is 0.313 e. The van der Waals surface area contributed by atoms with Crippen LogP contribution >= 0.6 is 0 Å². The van der Waals surface area contributed by atoms with Crippen LogP contribution in [0.3, 0.4) is 0 Å². The molecule has 1 fully saturated rings. The van der Waals surface area contributed by atoms with Crippen molar-refractivity contribution in [3.63, 3.8) is 0 Å². The summed E-state index contributed by atoms with van der Waals surface area (Å²) in [6.07, 6.45) is 3.05. The minimum absolute atomic E-state index is 0.0167. The predicted molar refractivity (Wildman–Crippen MR) is 71.7 cm³/mol. The Morgan fingerprint density at radius 2 is 1.80 bits per heavy atom. The van der Waals surface area contributed by atoms with Gasteiger partial charge < -0.3 is 15.1 Å². The van der Waals surface area contributed by atoms with Crippen molar-refractivity contribution < 1.29 is 14.4 Å². The third-order valence-electron chi connectivity index (χ3n) is 3.13. The molecule has 106 valence electrons. The van der Waals surface area contributed by atoms with Crippen molar-refractivity contribution >= 4 is 23.4 Å². The quantitative estimate of drug-likeness (QED) is 0.715. The molecule has 0 radical (unpaired) electrons. The number of hydrogen-bond acceptors (Lipinski definition) is 4. The highest BCUT2D eigenvalue weighted by Gasteiger charge is 2.26. The fourth-order valence-electron chi connectivity index (χ4n) is 1.99. The standard InChI is InChI=1S/C13H16N4O3/c1-10(18)16-5-7-17(8-6-16)13(20)12(19)15-11-3-2-4-14-9-11/h2-4,9H,5-8H2,1H3,(H,15,19). The van der Waals surface area contributed by atoms with E-state index in [-0.39, 0.29) is 5.91 Å². The third kappa shape index (κ3) is 3.31. The van der Waals surface area contributed by atoms with Crippen molar-refractivity contribution in [3.8, 4) is 0 Å². The smallest absolute Gasteiger partial charge is 0.313 e. The largest absolute Gasteiger partial charge is 0.339 e. The molecule has 0 unspecified atom stereocenters. The van der Waals surface area contributed by atoms with Gasteiger partial charge in [-0.2, -0.15) is 0 Å². The number of piperazine rings is 1. The Balaban J connectivity index is 1.89. The molecule has 0 spiro atoms. The molecule has 1 aromatic rings. The summed E-state index contributed by atoms with van der Waals surface area (Å²) in [6, 6.07) is 3.33. The average molecular weight is 276 g/mol. The van der Waals surface area contributed by atoms with Gasteiger partial charge in [-0.1, -0.05) is 0 Å². The highest BCUT2D eigenvalue weighted by atomic mass is 16.2. The molecule has 2 rings (SSSR count). The van der Waals surface area contributed by atoms with Crippen molar-refractivity contribution in [3.05, 3.63) is 24.5 Å². The van der Waals surface area contributed by atoms with Crippen LogP contribution in [0, 0.1) is 0 Å². The van der Waals surface area contributed by atoms with E-state index in [1.807, 2.05) is 0 Å². The molecule has 0 bridgehead atoms. The number of anilines is 1. The summed E-state index contributed by atoms with van der Waals surface area (Å²) in [6.45, 7) is 3.16. The summed E-state index contributed by atoms with van der Waals surface area (Å²) in [5, 5.41) is 2.50. The van der Waals surface area contributed by atoms with Gasteiger partial charge in [-0.15, -0.1) is 0 Å². The molecule has 1 aliphatic rings. The Morgan fingerprint density at radius 1 is 1.15 bits per heavy atom. The Morgan fingerprint density at radius 3 is 2.35 bits per heavy atom. The van der Waals surface area contributed by atoms with Crippen molar-refractivity contribution in [2.75, 3.05) is 31.5 Å². The molecule has 20 heavy (non-hydrogen) atoms. The topological polar surface area (TPSA) is 82.6 Å². The van der Waals surface area contributed by atoms with Crippen LogP contribution in [0.4, 0.5) is 5.69 Å². The number of aromatic nitrogens is 1. The number of nitrogens with zero attached hydrogens (tertiary/aromatic N) is 3. The lowest BCUT2D eigenvalue weighted by atomic mass is 10.3. The van der Waals surface area contributed by atoms with Crippen LogP contribution in [0.25, 0.3) is 0 Å². The number of rotatable bonds is 1. The molecule has 3 amide bonds. The van der Waals surface area contributed by atoms with E-state index in [4.69, 9.17) is 0 Å².